The van der Waals surface area contributed by atoms with Crippen molar-refractivity contribution < 1.29 is 19.0 Å². The number of carbonyl (C=O) groups is 1. The van der Waals surface area contributed by atoms with Gasteiger partial charge in [-0.15, -0.1) is 0 Å². The summed E-state index contributed by atoms with van der Waals surface area (Å²) < 4.78 is 16.9. The number of halogens is 1. The van der Waals surface area contributed by atoms with E-state index in [1.807, 2.05) is 0 Å². The van der Waals surface area contributed by atoms with Gasteiger partial charge in [-0.25, -0.2) is 9.18 Å². The second-order valence-corrected chi connectivity index (χ2v) is 2.39. The monoisotopic (exact) mass is 148 g/mol. The van der Waals surface area contributed by atoms with E-state index in [1.54, 1.807) is 0 Å². The molecule has 0 aromatic carbocycles. The summed E-state index contributed by atoms with van der Waals surface area (Å²) in [4.78, 5) is 10.4. The van der Waals surface area contributed by atoms with Crippen molar-refractivity contribution in [3.63, 3.8) is 0 Å². The van der Waals surface area contributed by atoms with Gasteiger partial charge >= 0.3 is 5.97 Å². The lowest BCUT2D eigenvalue weighted by atomic mass is 10.0. The Hall–Kier alpha value is -0.640. The van der Waals surface area contributed by atoms with E-state index < -0.39 is 18.2 Å². The lowest BCUT2D eigenvalue weighted by molar-refractivity contribution is -0.161. The first-order chi connectivity index (χ1) is 4.71. The highest BCUT2D eigenvalue weighted by atomic mass is 19.1. The van der Waals surface area contributed by atoms with Gasteiger partial charge in [0.25, 0.3) is 0 Å². The summed E-state index contributed by atoms with van der Waals surface area (Å²) in [6.07, 6.45) is 0.926. The molecule has 1 N–H and O–H groups in total. The number of carboxylic acid groups (broad SMARTS) is 1. The number of carboxylic acids is 1. The smallest absolute Gasteiger partial charge is 0.338 e. The fraction of sp³-hybridized carbons (Fsp3) is 0.833. The van der Waals surface area contributed by atoms with Crippen molar-refractivity contribution >= 4 is 5.97 Å². The van der Waals surface area contributed by atoms with Crippen LogP contribution in [0.2, 0.25) is 0 Å². The van der Waals surface area contributed by atoms with Crippen LogP contribution >= 0.6 is 0 Å². The van der Waals surface area contributed by atoms with Gasteiger partial charge in [-0.2, -0.15) is 0 Å². The third-order valence-corrected chi connectivity index (χ3v) is 1.71. The van der Waals surface area contributed by atoms with Gasteiger partial charge < -0.3 is 9.84 Å². The molecule has 0 saturated carbocycles. The van der Waals surface area contributed by atoms with Gasteiger partial charge in [-0.3, -0.25) is 0 Å². The number of hydrogen-bond donors (Lipinski definition) is 1. The second-order valence-electron chi connectivity index (χ2n) is 2.39. The van der Waals surface area contributed by atoms with E-state index in [0.717, 1.165) is 0 Å². The van der Waals surface area contributed by atoms with Crippen molar-refractivity contribution in [2.75, 3.05) is 13.3 Å². The number of hydrogen-bond acceptors (Lipinski definition) is 2. The highest BCUT2D eigenvalue weighted by Crippen LogP contribution is 2.26. The zero-order valence-corrected chi connectivity index (χ0v) is 5.47. The summed E-state index contributed by atoms with van der Waals surface area (Å²) in [7, 11) is 0. The van der Waals surface area contributed by atoms with Crippen molar-refractivity contribution in [3.05, 3.63) is 0 Å². The normalized spacial score (nSPS) is 32.5. The first-order valence-corrected chi connectivity index (χ1v) is 3.14. The van der Waals surface area contributed by atoms with E-state index >= 15 is 0 Å². The Balaban J connectivity index is 2.67. The summed E-state index contributed by atoms with van der Waals surface area (Å²) in [5.74, 6) is -1.19. The molecule has 1 saturated heterocycles. The fourth-order valence-electron chi connectivity index (χ4n) is 1.03. The molecule has 58 valence electrons. The van der Waals surface area contributed by atoms with E-state index in [2.05, 4.69) is 0 Å². The van der Waals surface area contributed by atoms with Gasteiger partial charge in [0.05, 0.1) is 0 Å². The third-order valence-electron chi connectivity index (χ3n) is 1.71. The zero-order chi connectivity index (χ0) is 7.61. The molecule has 1 unspecified atom stereocenters. The Labute approximate surface area is 57.8 Å². The first-order valence-electron chi connectivity index (χ1n) is 3.14. The molecule has 0 aromatic heterocycles. The number of alkyl halides is 1. The maximum Gasteiger partial charge on any atom is 0.338 e. The largest absolute Gasteiger partial charge is 0.479 e. The molecule has 3 nitrogen and oxygen atoms in total. The molecule has 0 aromatic rings. The van der Waals surface area contributed by atoms with E-state index in [9.17, 15) is 9.18 Å². The Bertz CT molecular complexity index is 140. The molecule has 0 aliphatic carbocycles. The van der Waals surface area contributed by atoms with Crippen LogP contribution in [0.3, 0.4) is 0 Å². The first kappa shape index (κ1) is 7.47. The minimum atomic E-state index is -1.51. The number of rotatable bonds is 2. The average Bonchev–Trinajstić information content (AvgIpc) is 2.35. The highest BCUT2D eigenvalue weighted by molar-refractivity contribution is 5.77. The lowest BCUT2D eigenvalue weighted by Gasteiger charge is -2.18. The molecule has 4 heteroatoms. The summed E-state index contributed by atoms with van der Waals surface area (Å²) in [5.41, 5.74) is -1.51. The molecule has 1 atom stereocenters. The van der Waals surface area contributed by atoms with Gasteiger partial charge in [0.15, 0.2) is 5.60 Å². The van der Waals surface area contributed by atoms with E-state index in [4.69, 9.17) is 9.84 Å². The van der Waals surface area contributed by atoms with Crippen LogP contribution in [0.5, 0.6) is 0 Å². The van der Waals surface area contributed by atoms with Gasteiger partial charge in [0, 0.05) is 6.61 Å². The molecule has 1 aliphatic rings. The van der Waals surface area contributed by atoms with Gasteiger partial charge in [0.1, 0.15) is 6.67 Å². The van der Waals surface area contributed by atoms with E-state index in [1.165, 1.54) is 0 Å². The average molecular weight is 148 g/mol. The summed E-state index contributed by atoms with van der Waals surface area (Å²) >= 11 is 0. The van der Waals surface area contributed by atoms with Crippen LogP contribution in [0.1, 0.15) is 12.8 Å². The molecule has 1 heterocycles. The van der Waals surface area contributed by atoms with Crippen LogP contribution in [0.4, 0.5) is 4.39 Å². The molecular formula is C6H9FO3. The van der Waals surface area contributed by atoms with Crippen LogP contribution in [0.25, 0.3) is 0 Å². The lowest BCUT2D eigenvalue weighted by Crippen LogP contribution is -2.39. The topological polar surface area (TPSA) is 46.5 Å². The molecule has 1 fully saturated rings. The van der Waals surface area contributed by atoms with Gasteiger partial charge in [0.2, 0.25) is 0 Å². The number of ether oxygens (including phenoxy) is 1. The van der Waals surface area contributed by atoms with E-state index in [0.29, 0.717) is 19.4 Å². The van der Waals surface area contributed by atoms with Gasteiger partial charge in [-0.05, 0) is 12.8 Å². The van der Waals surface area contributed by atoms with Crippen LogP contribution in [-0.4, -0.2) is 30.0 Å². The Morgan fingerprint density at radius 2 is 2.50 bits per heavy atom. The van der Waals surface area contributed by atoms with Crippen molar-refractivity contribution in [2.24, 2.45) is 0 Å². The molecule has 0 bridgehead atoms. The SMILES string of the molecule is O=C(O)C1(CF)CCCO1. The second kappa shape index (κ2) is 2.54. The standard InChI is InChI=1S/C6H9FO3/c7-4-6(5(8)9)2-1-3-10-6/h1-4H2,(H,8,9). The fourth-order valence-corrected chi connectivity index (χ4v) is 1.03. The van der Waals surface area contributed by atoms with Crippen molar-refractivity contribution in [2.45, 2.75) is 18.4 Å². The Morgan fingerprint density at radius 1 is 1.80 bits per heavy atom. The molecule has 0 spiro atoms. The minimum Gasteiger partial charge on any atom is -0.479 e. The Kier molecular flexibility index (Phi) is 1.89. The minimum absolute atomic E-state index is 0.291. The Morgan fingerprint density at radius 3 is 2.70 bits per heavy atom. The molecule has 1 rings (SSSR count). The molecule has 10 heavy (non-hydrogen) atoms. The third kappa shape index (κ3) is 0.988. The highest BCUT2D eigenvalue weighted by Gasteiger charge is 2.43. The van der Waals surface area contributed by atoms with Crippen molar-refractivity contribution in [1.29, 1.82) is 0 Å². The molecule has 0 amide bonds. The van der Waals surface area contributed by atoms with Crippen LogP contribution in [0.15, 0.2) is 0 Å². The predicted molar refractivity (Wildman–Crippen MR) is 31.5 cm³/mol. The maximum atomic E-state index is 12.1. The number of aliphatic carboxylic acids is 1. The van der Waals surface area contributed by atoms with Crippen LogP contribution in [-0.2, 0) is 9.53 Å². The van der Waals surface area contributed by atoms with Crippen LogP contribution < -0.4 is 0 Å². The predicted octanol–water partition coefficient (Wildman–Crippen LogP) is 0.590. The van der Waals surface area contributed by atoms with Crippen LogP contribution in [0, 0.1) is 0 Å². The molecular weight excluding hydrogens is 139 g/mol. The molecule has 1 aliphatic heterocycles. The summed E-state index contributed by atoms with van der Waals surface area (Å²) in [5, 5.41) is 8.50. The quantitative estimate of drug-likeness (QED) is 0.623. The van der Waals surface area contributed by atoms with Crippen molar-refractivity contribution in [3.8, 4) is 0 Å². The zero-order valence-electron chi connectivity index (χ0n) is 5.47. The maximum absolute atomic E-state index is 12.1. The van der Waals surface area contributed by atoms with Gasteiger partial charge in [-0.1, -0.05) is 0 Å². The summed E-state index contributed by atoms with van der Waals surface area (Å²) in [6.45, 7) is -0.571. The molecule has 0 radical (unpaired) electrons. The summed E-state index contributed by atoms with van der Waals surface area (Å²) in [6, 6.07) is 0. The van der Waals surface area contributed by atoms with Crippen molar-refractivity contribution in [1.82, 2.24) is 0 Å². The van der Waals surface area contributed by atoms with E-state index in [-0.39, 0.29) is 0 Å².